The van der Waals surface area contributed by atoms with E-state index in [0.29, 0.717) is 23.7 Å². The predicted octanol–water partition coefficient (Wildman–Crippen LogP) is 3.34. The number of hydrogen-bond donors (Lipinski definition) is 1. The van der Waals surface area contributed by atoms with Crippen LogP contribution >= 0.6 is 11.8 Å². The average molecular weight is 362 g/mol. The molecule has 0 radical (unpaired) electrons. The Labute approximate surface area is 149 Å². The van der Waals surface area contributed by atoms with E-state index in [4.69, 9.17) is 4.74 Å². The first-order valence-electron chi connectivity index (χ1n) is 7.96. The third kappa shape index (κ3) is 3.68. The van der Waals surface area contributed by atoms with E-state index < -0.39 is 6.29 Å². The van der Waals surface area contributed by atoms with Gasteiger partial charge >= 0.3 is 0 Å². The Morgan fingerprint density at radius 3 is 2.80 bits per heavy atom. The minimum absolute atomic E-state index is 0.0256. The first-order chi connectivity index (χ1) is 12.0. The molecule has 1 saturated heterocycles. The van der Waals surface area contributed by atoms with E-state index in [1.165, 1.54) is 23.9 Å². The zero-order chi connectivity index (χ0) is 18.0. The summed E-state index contributed by atoms with van der Waals surface area (Å²) in [6.45, 7) is 4.02. The normalized spacial score (nSPS) is 18.6. The summed E-state index contributed by atoms with van der Waals surface area (Å²) in [7, 11) is 0. The summed E-state index contributed by atoms with van der Waals surface area (Å²) >= 11 is 1.49. The highest BCUT2D eigenvalue weighted by atomic mass is 32.2. The summed E-state index contributed by atoms with van der Waals surface area (Å²) in [6.07, 6.45) is 0.488. The molecule has 2 heterocycles. The van der Waals surface area contributed by atoms with Crippen molar-refractivity contribution in [1.29, 1.82) is 0 Å². The van der Waals surface area contributed by atoms with Gasteiger partial charge in [0.1, 0.15) is 11.2 Å². The van der Waals surface area contributed by atoms with Crippen LogP contribution in [0.3, 0.4) is 0 Å². The van der Waals surface area contributed by atoms with E-state index in [0.717, 1.165) is 11.1 Å². The number of aliphatic hydroxyl groups is 1. The molecule has 1 aliphatic heterocycles. The SMILES string of the molecule is CCOC(O)c1cc(C)c(N2C(=O)CSC2c2ccc(F)cc2)cn1. The van der Waals surface area contributed by atoms with Gasteiger partial charge in [-0.2, -0.15) is 0 Å². The van der Waals surface area contributed by atoms with Crippen molar-refractivity contribution in [3.8, 4) is 0 Å². The Hall–Kier alpha value is -1.96. The predicted molar refractivity (Wildman–Crippen MR) is 94.6 cm³/mol. The number of carbonyl (C=O) groups is 1. The van der Waals surface area contributed by atoms with Gasteiger partial charge in [0.25, 0.3) is 0 Å². The van der Waals surface area contributed by atoms with Crippen LogP contribution in [0.25, 0.3) is 0 Å². The summed E-state index contributed by atoms with van der Waals surface area (Å²) in [5, 5.41) is 9.68. The number of aliphatic hydroxyl groups excluding tert-OH is 1. The minimum Gasteiger partial charge on any atom is -0.363 e. The first-order valence-corrected chi connectivity index (χ1v) is 9.01. The van der Waals surface area contributed by atoms with E-state index in [2.05, 4.69) is 4.98 Å². The molecule has 132 valence electrons. The van der Waals surface area contributed by atoms with Crippen molar-refractivity contribution < 1.29 is 19.0 Å². The van der Waals surface area contributed by atoms with Gasteiger partial charge in [0.15, 0.2) is 6.29 Å². The zero-order valence-electron chi connectivity index (χ0n) is 14.0. The topological polar surface area (TPSA) is 62.7 Å². The average Bonchev–Trinajstić information content (AvgIpc) is 2.97. The van der Waals surface area contributed by atoms with E-state index in [-0.39, 0.29) is 17.1 Å². The monoisotopic (exact) mass is 362 g/mol. The second-order valence-electron chi connectivity index (χ2n) is 5.68. The molecule has 7 heteroatoms. The minimum atomic E-state index is -1.09. The summed E-state index contributed by atoms with van der Waals surface area (Å²) in [5.74, 6) is 0.0178. The van der Waals surface area contributed by atoms with Crippen LogP contribution in [0.5, 0.6) is 0 Å². The Morgan fingerprint density at radius 1 is 1.44 bits per heavy atom. The van der Waals surface area contributed by atoms with Gasteiger partial charge in [-0.1, -0.05) is 12.1 Å². The molecule has 1 amide bonds. The molecule has 0 bridgehead atoms. The van der Waals surface area contributed by atoms with Gasteiger partial charge in [-0.3, -0.25) is 14.7 Å². The van der Waals surface area contributed by atoms with Crippen molar-refractivity contribution in [2.45, 2.75) is 25.5 Å². The number of pyridine rings is 1. The highest BCUT2D eigenvalue weighted by Gasteiger charge is 2.35. The number of carbonyl (C=O) groups excluding carboxylic acids is 1. The molecule has 1 aromatic carbocycles. The number of aromatic nitrogens is 1. The number of aryl methyl sites for hydroxylation is 1. The van der Waals surface area contributed by atoms with Crippen molar-refractivity contribution in [3.63, 3.8) is 0 Å². The molecule has 2 atom stereocenters. The molecular formula is C18H19FN2O3S. The number of halogens is 1. The fourth-order valence-corrected chi connectivity index (χ4v) is 3.93. The molecule has 2 unspecified atom stereocenters. The lowest BCUT2D eigenvalue weighted by Crippen LogP contribution is -2.28. The molecule has 1 aliphatic rings. The molecule has 25 heavy (non-hydrogen) atoms. The Kier molecular flexibility index (Phi) is 5.36. The van der Waals surface area contributed by atoms with E-state index in [1.807, 2.05) is 6.92 Å². The van der Waals surface area contributed by atoms with Gasteiger partial charge in [0.05, 0.1) is 23.3 Å². The highest BCUT2D eigenvalue weighted by molar-refractivity contribution is 8.00. The maximum absolute atomic E-state index is 13.2. The lowest BCUT2D eigenvalue weighted by Gasteiger charge is -2.26. The summed E-state index contributed by atoms with van der Waals surface area (Å²) in [4.78, 5) is 18.3. The molecule has 2 aromatic rings. The lowest BCUT2D eigenvalue weighted by molar-refractivity contribution is -0.115. The lowest BCUT2D eigenvalue weighted by atomic mass is 10.1. The fourth-order valence-electron chi connectivity index (χ4n) is 2.76. The molecular weight excluding hydrogens is 343 g/mol. The highest BCUT2D eigenvalue weighted by Crippen LogP contribution is 2.42. The number of thioether (sulfide) groups is 1. The Bertz CT molecular complexity index is 769. The number of anilines is 1. The van der Waals surface area contributed by atoms with E-state index >= 15 is 0 Å². The number of rotatable bonds is 5. The molecule has 0 spiro atoms. The number of nitrogens with zero attached hydrogens (tertiary/aromatic N) is 2. The Morgan fingerprint density at radius 2 is 2.16 bits per heavy atom. The smallest absolute Gasteiger partial charge is 0.238 e. The van der Waals surface area contributed by atoms with Crippen LogP contribution < -0.4 is 4.90 Å². The number of benzene rings is 1. The number of amides is 1. The maximum atomic E-state index is 13.2. The van der Waals surface area contributed by atoms with Crippen molar-refractivity contribution in [1.82, 2.24) is 4.98 Å². The van der Waals surface area contributed by atoms with Crippen LogP contribution in [0.15, 0.2) is 36.5 Å². The number of ether oxygens (including phenoxy) is 1. The van der Waals surface area contributed by atoms with Crippen LogP contribution in [-0.4, -0.2) is 28.4 Å². The summed E-state index contributed by atoms with van der Waals surface area (Å²) in [6, 6.07) is 7.88. The van der Waals surface area contributed by atoms with Gasteiger partial charge in [-0.25, -0.2) is 4.39 Å². The standard InChI is InChI=1S/C18H19FN2O3S/c1-3-24-18(23)14-8-11(2)15(9-20-14)21-16(22)10-25-17(21)12-4-6-13(19)7-5-12/h4-9,17-18,23H,3,10H2,1-2H3. The van der Waals surface area contributed by atoms with Crippen molar-refractivity contribution in [2.75, 3.05) is 17.3 Å². The van der Waals surface area contributed by atoms with Crippen LogP contribution in [0.2, 0.25) is 0 Å². The summed E-state index contributed by atoms with van der Waals surface area (Å²) in [5.41, 5.74) is 2.75. The second kappa shape index (κ2) is 7.51. The van der Waals surface area contributed by atoms with Gasteiger partial charge in [-0.15, -0.1) is 11.8 Å². The molecule has 5 nitrogen and oxygen atoms in total. The van der Waals surface area contributed by atoms with Gasteiger partial charge in [0.2, 0.25) is 5.91 Å². The van der Waals surface area contributed by atoms with Crippen LogP contribution in [0, 0.1) is 12.7 Å². The largest absolute Gasteiger partial charge is 0.363 e. The van der Waals surface area contributed by atoms with Crippen molar-refractivity contribution in [3.05, 3.63) is 59.2 Å². The van der Waals surface area contributed by atoms with Crippen molar-refractivity contribution in [2.24, 2.45) is 0 Å². The van der Waals surface area contributed by atoms with Gasteiger partial charge in [-0.05, 0) is 43.2 Å². The van der Waals surface area contributed by atoms with Crippen molar-refractivity contribution >= 4 is 23.4 Å². The molecule has 1 aromatic heterocycles. The van der Waals surface area contributed by atoms with Gasteiger partial charge in [0, 0.05) is 6.61 Å². The maximum Gasteiger partial charge on any atom is 0.238 e. The zero-order valence-corrected chi connectivity index (χ0v) is 14.8. The van der Waals surface area contributed by atoms with Gasteiger partial charge < -0.3 is 9.84 Å². The van der Waals surface area contributed by atoms with Crippen LogP contribution in [-0.2, 0) is 9.53 Å². The second-order valence-corrected chi connectivity index (χ2v) is 6.75. The van der Waals surface area contributed by atoms with Crippen LogP contribution in [0.4, 0.5) is 10.1 Å². The molecule has 1 N–H and O–H groups in total. The summed E-state index contributed by atoms with van der Waals surface area (Å²) < 4.78 is 18.3. The molecule has 1 fully saturated rings. The number of hydrogen-bond acceptors (Lipinski definition) is 5. The Balaban J connectivity index is 1.92. The molecule has 3 rings (SSSR count). The third-order valence-electron chi connectivity index (χ3n) is 3.96. The third-order valence-corrected chi connectivity index (χ3v) is 5.18. The van der Waals surface area contributed by atoms with Crippen LogP contribution in [0.1, 0.15) is 35.4 Å². The quantitative estimate of drug-likeness (QED) is 0.827. The fraction of sp³-hybridized carbons (Fsp3) is 0.333. The van der Waals surface area contributed by atoms with E-state index in [9.17, 15) is 14.3 Å². The van der Waals surface area contributed by atoms with E-state index in [1.54, 1.807) is 36.2 Å². The molecule has 0 saturated carbocycles. The molecule has 0 aliphatic carbocycles. The first kappa shape index (κ1) is 17.8.